The summed E-state index contributed by atoms with van der Waals surface area (Å²) in [4.78, 5) is 0. The first-order chi connectivity index (χ1) is 6.36. The van der Waals surface area contributed by atoms with Crippen LogP contribution in [-0.4, -0.2) is 15.4 Å². The second-order valence-electron chi connectivity index (χ2n) is 2.90. The molecule has 0 amide bonds. The van der Waals surface area contributed by atoms with E-state index in [0.29, 0.717) is 0 Å². The van der Waals surface area contributed by atoms with Crippen molar-refractivity contribution in [3.8, 4) is 11.1 Å². The molecule has 13 heavy (non-hydrogen) atoms. The van der Waals surface area contributed by atoms with Crippen LogP contribution in [0, 0.1) is 6.92 Å². The number of nitrogens with zero attached hydrogens (tertiary/aromatic N) is 3. The zero-order valence-corrected chi connectivity index (χ0v) is 7.31. The molecule has 2 rings (SSSR count). The first-order valence-corrected chi connectivity index (χ1v) is 4.07. The van der Waals surface area contributed by atoms with Gasteiger partial charge in [-0.3, -0.25) is 0 Å². The molecule has 64 valence electrons. The van der Waals surface area contributed by atoms with Crippen molar-refractivity contribution < 1.29 is 0 Å². The Hall–Kier alpha value is -1.77. The Balaban J connectivity index is 2.42. The highest BCUT2D eigenvalue weighted by atomic mass is 15.3. The maximum absolute atomic E-state index is 3.72. The fourth-order valence-corrected chi connectivity index (χ4v) is 1.13. The van der Waals surface area contributed by atoms with E-state index < -0.39 is 0 Å². The average molecular weight is 171 g/mol. The summed E-state index contributed by atoms with van der Waals surface area (Å²) in [7, 11) is 0. The van der Waals surface area contributed by atoms with Crippen molar-refractivity contribution in [3.63, 3.8) is 0 Å². The lowest BCUT2D eigenvalue weighted by Crippen LogP contribution is -1.86. The smallest absolute Gasteiger partial charge is 0.0608 e. The van der Waals surface area contributed by atoms with E-state index in [9.17, 15) is 0 Å². The van der Waals surface area contributed by atoms with E-state index in [1.54, 1.807) is 12.4 Å². The van der Waals surface area contributed by atoms with Crippen LogP contribution in [0.4, 0.5) is 0 Å². The Morgan fingerprint density at radius 3 is 2.08 bits per heavy atom. The highest BCUT2D eigenvalue weighted by Gasteiger charge is 1.96. The molecular formula is C10H9N3. The number of aryl methyl sites for hydroxylation is 1. The quantitative estimate of drug-likeness (QED) is 0.657. The monoisotopic (exact) mass is 171 g/mol. The molecule has 0 saturated heterocycles. The van der Waals surface area contributed by atoms with Crippen LogP contribution in [0.5, 0.6) is 0 Å². The van der Waals surface area contributed by atoms with Crippen LogP contribution in [0.1, 0.15) is 5.56 Å². The zero-order valence-electron chi connectivity index (χ0n) is 7.31. The normalized spacial score (nSPS) is 9.92. The van der Waals surface area contributed by atoms with Gasteiger partial charge in [0.15, 0.2) is 0 Å². The summed E-state index contributed by atoms with van der Waals surface area (Å²) >= 11 is 0. The minimum Gasteiger partial charge on any atom is -0.138 e. The van der Waals surface area contributed by atoms with Crippen LogP contribution in [0.2, 0.25) is 0 Å². The Kier molecular flexibility index (Phi) is 2.00. The molecule has 0 bridgehead atoms. The molecule has 0 atom stereocenters. The van der Waals surface area contributed by atoms with Crippen molar-refractivity contribution >= 4 is 0 Å². The van der Waals surface area contributed by atoms with Gasteiger partial charge in [-0.1, -0.05) is 29.8 Å². The second-order valence-corrected chi connectivity index (χ2v) is 2.90. The molecule has 0 aliphatic heterocycles. The van der Waals surface area contributed by atoms with Crippen LogP contribution in [0.15, 0.2) is 36.7 Å². The van der Waals surface area contributed by atoms with Gasteiger partial charge < -0.3 is 0 Å². The van der Waals surface area contributed by atoms with Crippen molar-refractivity contribution in [2.24, 2.45) is 0 Å². The maximum atomic E-state index is 3.72. The van der Waals surface area contributed by atoms with E-state index in [4.69, 9.17) is 0 Å². The van der Waals surface area contributed by atoms with Gasteiger partial charge in [0.05, 0.1) is 12.4 Å². The van der Waals surface area contributed by atoms with Crippen LogP contribution in [0.3, 0.4) is 0 Å². The predicted octanol–water partition coefficient (Wildman–Crippen LogP) is 1.85. The Morgan fingerprint density at radius 2 is 1.46 bits per heavy atom. The molecule has 1 aromatic heterocycles. The lowest BCUT2D eigenvalue weighted by atomic mass is 10.1. The average Bonchev–Trinajstić information content (AvgIpc) is 2.20. The van der Waals surface area contributed by atoms with E-state index in [2.05, 4.69) is 34.5 Å². The summed E-state index contributed by atoms with van der Waals surface area (Å²) in [5, 5.41) is 10.9. The highest BCUT2D eigenvalue weighted by molar-refractivity contribution is 5.61. The zero-order chi connectivity index (χ0) is 9.10. The molecule has 1 aromatic carbocycles. The molecule has 2 aromatic rings. The minimum atomic E-state index is 0.995. The predicted molar refractivity (Wildman–Crippen MR) is 50.0 cm³/mol. The van der Waals surface area contributed by atoms with Gasteiger partial charge in [-0.2, -0.15) is 0 Å². The maximum Gasteiger partial charge on any atom is 0.0608 e. The third-order valence-electron chi connectivity index (χ3n) is 1.88. The number of hydrogen-bond acceptors (Lipinski definition) is 3. The van der Waals surface area contributed by atoms with Gasteiger partial charge >= 0.3 is 0 Å². The molecule has 0 N–H and O–H groups in total. The van der Waals surface area contributed by atoms with Crippen molar-refractivity contribution in [3.05, 3.63) is 42.2 Å². The fourth-order valence-electron chi connectivity index (χ4n) is 1.13. The Labute approximate surface area is 76.4 Å². The van der Waals surface area contributed by atoms with E-state index >= 15 is 0 Å². The van der Waals surface area contributed by atoms with Gasteiger partial charge in [0.25, 0.3) is 0 Å². The topological polar surface area (TPSA) is 38.7 Å². The highest BCUT2D eigenvalue weighted by Crippen LogP contribution is 2.16. The third kappa shape index (κ3) is 1.69. The Morgan fingerprint density at radius 1 is 0.846 bits per heavy atom. The van der Waals surface area contributed by atoms with Crippen molar-refractivity contribution in [2.75, 3.05) is 0 Å². The fraction of sp³-hybridized carbons (Fsp3) is 0.100. The van der Waals surface area contributed by atoms with Gasteiger partial charge in [0, 0.05) is 5.56 Å². The lowest BCUT2D eigenvalue weighted by molar-refractivity contribution is 0.867. The van der Waals surface area contributed by atoms with Gasteiger partial charge in [-0.15, -0.1) is 10.2 Å². The van der Waals surface area contributed by atoms with Gasteiger partial charge in [0.1, 0.15) is 0 Å². The molecule has 0 saturated carbocycles. The standard InChI is InChI=1S/C10H9N3/c1-8-2-4-9(5-3-8)10-6-11-13-12-7-10/h2-7H,1H3. The molecule has 3 nitrogen and oxygen atoms in total. The molecule has 3 heteroatoms. The summed E-state index contributed by atoms with van der Waals surface area (Å²) < 4.78 is 0. The second kappa shape index (κ2) is 3.31. The molecule has 0 radical (unpaired) electrons. The molecule has 0 spiro atoms. The van der Waals surface area contributed by atoms with Crippen LogP contribution < -0.4 is 0 Å². The molecule has 0 unspecified atom stereocenters. The molecule has 0 fully saturated rings. The van der Waals surface area contributed by atoms with Crippen molar-refractivity contribution in [1.29, 1.82) is 0 Å². The number of rotatable bonds is 1. The first kappa shape index (κ1) is 7.86. The molecule has 0 aliphatic carbocycles. The number of benzene rings is 1. The Bertz CT molecular complexity index is 381. The number of hydrogen-bond donors (Lipinski definition) is 0. The molecule has 0 aliphatic rings. The summed E-state index contributed by atoms with van der Waals surface area (Å²) in [6.07, 6.45) is 3.41. The van der Waals surface area contributed by atoms with Gasteiger partial charge in [0.2, 0.25) is 0 Å². The molecular weight excluding hydrogens is 162 g/mol. The summed E-state index contributed by atoms with van der Waals surface area (Å²) in [6.45, 7) is 2.06. The summed E-state index contributed by atoms with van der Waals surface area (Å²) in [6, 6.07) is 8.23. The van der Waals surface area contributed by atoms with Crippen molar-refractivity contribution in [2.45, 2.75) is 6.92 Å². The SMILES string of the molecule is Cc1ccc(-c2cnnnc2)cc1. The van der Waals surface area contributed by atoms with Crippen LogP contribution >= 0.6 is 0 Å². The van der Waals surface area contributed by atoms with E-state index in [0.717, 1.165) is 11.1 Å². The minimum absolute atomic E-state index is 0.995. The van der Waals surface area contributed by atoms with E-state index in [1.165, 1.54) is 5.56 Å². The molecule has 1 heterocycles. The van der Waals surface area contributed by atoms with Gasteiger partial charge in [-0.25, -0.2) is 0 Å². The van der Waals surface area contributed by atoms with Gasteiger partial charge in [-0.05, 0) is 17.7 Å². The van der Waals surface area contributed by atoms with Crippen LogP contribution in [0.25, 0.3) is 11.1 Å². The van der Waals surface area contributed by atoms with E-state index in [1.807, 2.05) is 12.1 Å². The number of aromatic nitrogens is 3. The largest absolute Gasteiger partial charge is 0.138 e. The summed E-state index contributed by atoms with van der Waals surface area (Å²) in [5.41, 5.74) is 3.36. The third-order valence-corrected chi connectivity index (χ3v) is 1.88. The first-order valence-electron chi connectivity index (χ1n) is 4.07. The van der Waals surface area contributed by atoms with Crippen LogP contribution in [-0.2, 0) is 0 Å². The van der Waals surface area contributed by atoms with Crippen molar-refractivity contribution in [1.82, 2.24) is 15.4 Å². The summed E-state index contributed by atoms with van der Waals surface area (Å²) in [5.74, 6) is 0. The van der Waals surface area contributed by atoms with E-state index in [-0.39, 0.29) is 0 Å². The lowest BCUT2D eigenvalue weighted by Gasteiger charge is -1.98.